The number of benzene rings is 1. The summed E-state index contributed by atoms with van der Waals surface area (Å²) in [5.41, 5.74) is -2.39. The average Bonchev–Trinajstić information content (AvgIpc) is 2.74. The zero-order valence-corrected chi connectivity index (χ0v) is 15.4. The smallest absolute Gasteiger partial charge is 0.276 e. The molecular weight excluding hydrogens is 400 g/mol. The van der Waals surface area contributed by atoms with Crippen molar-refractivity contribution >= 4 is 11.8 Å². The number of aromatic hydroxyl groups is 1. The van der Waals surface area contributed by atoms with Gasteiger partial charge in [-0.2, -0.15) is 0 Å². The first-order chi connectivity index (χ1) is 15.8. The van der Waals surface area contributed by atoms with Gasteiger partial charge in [-0.25, -0.2) is 8.78 Å². The lowest BCUT2D eigenvalue weighted by atomic mass is 10.1. The highest BCUT2D eigenvalue weighted by Gasteiger charge is 2.41. The number of hydrogen-bond acceptors (Lipinski definition) is 5. The van der Waals surface area contributed by atoms with Crippen LogP contribution in [0.5, 0.6) is 5.75 Å². The van der Waals surface area contributed by atoms with Gasteiger partial charge < -0.3 is 24.6 Å². The highest BCUT2D eigenvalue weighted by Crippen LogP contribution is 2.29. The quantitative estimate of drug-likeness (QED) is 0.776. The van der Waals surface area contributed by atoms with Crippen molar-refractivity contribution in [3.63, 3.8) is 0 Å². The first-order valence-corrected chi connectivity index (χ1v) is 8.99. The molecule has 1 saturated heterocycles. The Morgan fingerprint density at radius 1 is 1.43 bits per heavy atom. The molecule has 1 aromatic carbocycles. The molecule has 0 unspecified atom stereocenters. The second kappa shape index (κ2) is 7.52. The summed E-state index contributed by atoms with van der Waals surface area (Å²) < 4.78 is 65.0. The van der Waals surface area contributed by atoms with Gasteiger partial charge in [-0.3, -0.25) is 14.4 Å². The van der Waals surface area contributed by atoms with E-state index in [0.717, 1.165) is 22.9 Å². The number of aromatic nitrogens is 1. The number of pyridine rings is 1. The van der Waals surface area contributed by atoms with E-state index < -0.39 is 65.0 Å². The standard InChI is InChI=1S/C20H19F2N3O5/c1-10-4-5-30-15-9-24-8-13(17(26)18(27)16(24)20(29)25(10)15)19(28)23-7-11-2-3-12(21)6-14(11)22/h2-3,6,8,10,15,27H,4-5,7,9H2,1H3,(H,23,28)/t10-,15+/m1/s1/i1D3,10D. The Bertz CT molecular complexity index is 1250. The molecule has 2 amide bonds. The van der Waals surface area contributed by atoms with E-state index in [1.54, 1.807) is 0 Å². The summed E-state index contributed by atoms with van der Waals surface area (Å²) >= 11 is 0. The molecular formula is C20H19F2N3O5. The Hall–Kier alpha value is -3.27. The summed E-state index contributed by atoms with van der Waals surface area (Å²) in [5, 5.41) is 12.8. The van der Waals surface area contributed by atoms with Gasteiger partial charge in [-0.1, -0.05) is 6.07 Å². The minimum Gasteiger partial charge on any atom is -0.503 e. The van der Waals surface area contributed by atoms with Gasteiger partial charge in [0.2, 0.25) is 5.43 Å². The van der Waals surface area contributed by atoms with Crippen LogP contribution >= 0.6 is 0 Å². The molecule has 3 heterocycles. The van der Waals surface area contributed by atoms with Crippen LogP contribution < -0.4 is 10.7 Å². The predicted octanol–water partition coefficient (Wildman–Crippen LogP) is 1.35. The third-order valence-corrected chi connectivity index (χ3v) is 4.96. The molecule has 1 fully saturated rings. The minimum atomic E-state index is -2.89. The van der Waals surface area contributed by atoms with Gasteiger partial charge in [-0.15, -0.1) is 0 Å². The fourth-order valence-corrected chi connectivity index (χ4v) is 3.45. The van der Waals surface area contributed by atoms with Gasteiger partial charge in [0.1, 0.15) is 17.2 Å². The number of rotatable bonds is 3. The molecule has 0 saturated carbocycles. The summed E-state index contributed by atoms with van der Waals surface area (Å²) in [6, 6.07) is 0.412. The molecule has 2 aliphatic rings. The van der Waals surface area contributed by atoms with E-state index in [2.05, 4.69) is 5.32 Å². The number of amides is 2. The third kappa shape index (κ3) is 3.32. The Labute approximate surface area is 175 Å². The van der Waals surface area contributed by atoms with Gasteiger partial charge >= 0.3 is 0 Å². The number of halogens is 2. The van der Waals surface area contributed by atoms with Crippen LogP contribution in [-0.2, 0) is 17.8 Å². The van der Waals surface area contributed by atoms with Crippen molar-refractivity contribution < 1.29 is 33.7 Å². The van der Waals surface area contributed by atoms with Crippen molar-refractivity contribution in [2.75, 3.05) is 6.61 Å². The van der Waals surface area contributed by atoms with Crippen LogP contribution in [0, 0.1) is 11.6 Å². The summed E-state index contributed by atoms with van der Waals surface area (Å²) in [5.74, 6) is -4.89. The van der Waals surface area contributed by atoms with E-state index in [4.69, 9.17) is 10.2 Å². The second-order valence-electron chi connectivity index (χ2n) is 6.84. The van der Waals surface area contributed by atoms with E-state index in [1.807, 2.05) is 0 Å². The predicted molar refractivity (Wildman–Crippen MR) is 99.9 cm³/mol. The summed E-state index contributed by atoms with van der Waals surface area (Å²) in [4.78, 5) is 39.1. The molecule has 0 radical (unpaired) electrons. The molecule has 0 bridgehead atoms. The lowest BCUT2D eigenvalue weighted by molar-refractivity contribution is -0.112. The number of fused-ring (bicyclic) bond motifs is 2. The van der Waals surface area contributed by atoms with Crippen LogP contribution in [0.15, 0.2) is 29.2 Å². The largest absolute Gasteiger partial charge is 0.503 e. The van der Waals surface area contributed by atoms with E-state index in [9.17, 15) is 28.3 Å². The molecule has 4 rings (SSSR count). The van der Waals surface area contributed by atoms with Crippen LogP contribution in [-0.4, -0.2) is 45.2 Å². The lowest BCUT2D eigenvalue weighted by Crippen LogP contribution is -2.57. The fraction of sp³-hybridized carbons (Fsp3) is 0.350. The maximum Gasteiger partial charge on any atom is 0.276 e. The summed E-state index contributed by atoms with van der Waals surface area (Å²) in [6.45, 7) is -3.64. The van der Waals surface area contributed by atoms with Gasteiger partial charge in [-0.05, 0) is 19.3 Å². The maximum absolute atomic E-state index is 13.8. The first-order valence-electron chi connectivity index (χ1n) is 11.0. The van der Waals surface area contributed by atoms with Crippen molar-refractivity contribution in [2.45, 2.75) is 38.6 Å². The number of carbonyl (C=O) groups is 2. The minimum absolute atomic E-state index is 0.0464. The Balaban J connectivity index is 1.67. The van der Waals surface area contributed by atoms with Crippen LogP contribution in [0.1, 0.15) is 45.2 Å². The molecule has 158 valence electrons. The molecule has 2 aromatic rings. The summed E-state index contributed by atoms with van der Waals surface area (Å²) in [7, 11) is 0. The molecule has 0 spiro atoms. The van der Waals surface area contributed by atoms with Gasteiger partial charge in [0.15, 0.2) is 17.7 Å². The van der Waals surface area contributed by atoms with Gasteiger partial charge in [0.25, 0.3) is 11.8 Å². The number of hydrogen-bond donors (Lipinski definition) is 2. The van der Waals surface area contributed by atoms with Crippen molar-refractivity contribution in [1.29, 1.82) is 0 Å². The van der Waals surface area contributed by atoms with E-state index in [1.165, 1.54) is 0 Å². The Kier molecular flexibility index (Phi) is 3.90. The Morgan fingerprint density at radius 2 is 2.23 bits per heavy atom. The number of carbonyl (C=O) groups excluding carboxylic acids is 2. The van der Waals surface area contributed by atoms with Crippen LogP contribution in [0.4, 0.5) is 8.78 Å². The first kappa shape index (κ1) is 15.6. The monoisotopic (exact) mass is 423 g/mol. The SMILES string of the molecule is [2H]C([2H])([2H])[C@]1([2H])CCO[C@H]2Cn3cc(C(=O)NCc4ccc(F)cc4F)c(=O)c(O)c3C(=O)N21. The second-order valence-corrected chi connectivity index (χ2v) is 6.84. The average molecular weight is 423 g/mol. The molecule has 1 aromatic heterocycles. The van der Waals surface area contributed by atoms with Crippen molar-refractivity contribution in [1.82, 2.24) is 14.8 Å². The van der Waals surface area contributed by atoms with Crippen LogP contribution in [0.25, 0.3) is 0 Å². The van der Waals surface area contributed by atoms with E-state index >= 15 is 0 Å². The normalized spacial score (nSPS) is 25.3. The van der Waals surface area contributed by atoms with Crippen molar-refractivity contribution in [2.24, 2.45) is 0 Å². The molecule has 8 nitrogen and oxygen atoms in total. The fourth-order valence-electron chi connectivity index (χ4n) is 3.45. The molecule has 2 atom stereocenters. The lowest BCUT2D eigenvalue weighted by Gasteiger charge is -2.44. The van der Waals surface area contributed by atoms with Crippen molar-refractivity contribution in [3.8, 4) is 5.75 Å². The van der Waals surface area contributed by atoms with Crippen molar-refractivity contribution in [3.05, 3.63) is 63.1 Å². The molecule has 0 aliphatic carbocycles. The molecule has 30 heavy (non-hydrogen) atoms. The molecule has 2 N–H and O–H groups in total. The highest BCUT2D eigenvalue weighted by atomic mass is 19.1. The van der Waals surface area contributed by atoms with E-state index in [0.29, 0.717) is 11.0 Å². The highest BCUT2D eigenvalue weighted by molar-refractivity contribution is 5.99. The zero-order valence-electron chi connectivity index (χ0n) is 19.4. The molecule has 2 aliphatic heterocycles. The number of nitrogens with zero attached hydrogens (tertiary/aromatic N) is 2. The number of nitrogens with one attached hydrogen (secondary N) is 1. The molecule has 10 heteroatoms. The topological polar surface area (TPSA) is 101 Å². The number of ether oxygens (including phenoxy) is 1. The summed E-state index contributed by atoms with van der Waals surface area (Å²) in [6.07, 6.45) is -0.489. The van der Waals surface area contributed by atoms with Crippen LogP contribution in [0.2, 0.25) is 0 Å². The zero-order chi connectivity index (χ0) is 25.0. The third-order valence-electron chi connectivity index (χ3n) is 4.96. The van der Waals surface area contributed by atoms with E-state index in [-0.39, 0.29) is 31.7 Å². The van der Waals surface area contributed by atoms with Gasteiger partial charge in [0, 0.05) is 34.5 Å². The van der Waals surface area contributed by atoms with Crippen LogP contribution in [0.3, 0.4) is 0 Å². The Morgan fingerprint density at radius 3 is 2.97 bits per heavy atom. The maximum atomic E-state index is 13.8. The van der Waals surface area contributed by atoms with Gasteiger partial charge in [0.05, 0.1) is 14.5 Å².